The van der Waals surface area contributed by atoms with Crippen molar-refractivity contribution < 1.29 is 8.78 Å². The zero-order chi connectivity index (χ0) is 8.97. The number of nitrogens with two attached hydrogens (primary N) is 1. The fourth-order valence-electron chi connectivity index (χ4n) is 0.948. The van der Waals surface area contributed by atoms with E-state index in [1.165, 1.54) is 12.3 Å². The third kappa shape index (κ3) is 3.24. The van der Waals surface area contributed by atoms with Crippen molar-refractivity contribution in [1.82, 2.24) is 4.98 Å². The molecule has 1 atom stereocenters. The van der Waals surface area contributed by atoms with Gasteiger partial charge in [0.2, 0.25) is 5.95 Å². The van der Waals surface area contributed by atoms with Crippen LogP contribution in [0.15, 0.2) is 18.3 Å². The Balaban J connectivity index is 0.00000144. The van der Waals surface area contributed by atoms with Crippen LogP contribution in [0.2, 0.25) is 0 Å². The number of nitrogens with zero attached hydrogens (tertiary/aromatic N) is 1. The van der Waals surface area contributed by atoms with Gasteiger partial charge in [-0.3, -0.25) is 4.39 Å². The van der Waals surface area contributed by atoms with Crippen molar-refractivity contribution >= 4 is 12.4 Å². The van der Waals surface area contributed by atoms with Crippen molar-refractivity contribution in [3.05, 3.63) is 29.8 Å². The van der Waals surface area contributed by atoms with E-state index < -0.39 is 18.7 Å². The van der Waals surface area contributed by atoms with Crippen molar-refractivity contribution in [2.24, 2.45) is 5.73 Å². The summed E-state index contributed by atoms with van der Waals surface area (Å²) in [6.07, 6.45) is 1.46. The molecule has 0 saturated heterocycles. The molecule has 0 aliphatic carbocycles. The minimum atomic E-state index is -0.613. The maximum absolute atomic E-state index is 12.8. The Morgan fingerprint density at radius 3 is 2.77 bits per heavy atom. The van der Waals surface area contributed by atoms with Crippen molar-refractivity contribution in [1.29, 1.82) is 0 Å². The van der Waals surface area contributed by atoms with E-state index in [0.29, 0.717) is 0 Å². The molecule has 0 aromatic carbocycles. The molecule has 0 aliphatic heterocycles. The fraction of sp³-hybridized carbons (Fsp3) is 0.375. The Hall–Kier alpha value is -0.740. The highest BCUT2D eigenvalue weighted by atomic mass is 35.5. The fourth-order valence-corrected chi connectivity index (χ4v) is 0.948. The van der Waals surface area contributed by atoms with Crippen LogP contribution in [0, 0.1) is 5.95 Å². The van der Waals surface area contributed by atoms with Gasteiger partial charge in [0.25, 0.3) is 0 Å². The van der Waals surface area contributed by atoms with Gasteiger partial charge in [-0.15, -0.1) is 12.4 Å². The van der Waals surface area contributed by atoms with E-state index in [4.69, 9.17) is 5.73 Å². The van der Waals surface area contributed by atoms with Crippen LogP contribution in [0.3, 0.4) is 0 Å². The SMILES string of the molecule is Cl.N[C@H](CCF)c1cccnc1F. The lowest BCUT2D eigenvalue weighted by atomic mass is 10.1. The second-order valence-corrected chi connectivity index (χ2v) is 2.47. The van der Waals surface area contributed by atoms with Crippen LogP contribution < -0.4 is 5.73 Å². The molecule has 0 amide bonds. The van der Waals surface area contributed by atoms with Gasteiger partial charge in [-0.05, 0) is 12.5 Å². The highest BCUT2D eigenvalue weighted by molar-refractivity contribution is 5.85. The molecule has 0 radical (unpaired) electrons. The number of hydrogen-bond acceptors (Lipinski definition) is 2. The van der Waals surface area contributed by atoms with Gasteiger partial charge in [0.1, 0.15) is 0 Å². The molecule has 0 fully saturated rings. The minimum absolute atomic E-state index is 0. The predicted molar refractivity (Wildman–Crippen MR) is 49.0 cm³/mol. The Labute approximate surface area is 81.6 Å². The molecular formula is C8H11ClF2N2. The summed E-state index contributed by atoms with van der Waals surface area (Å²) in [5.41, 5.74) is 5.76. The van der Waals surface area contributed by atoms with Gasteiger partial charge in [-0.2, -0.15) is 4.39 Å². The molecule has 0 bridgehead atoms. The second kappa shape index (κ2) is 5.83. The van der Waals surface area contributed by atoms with Gasteiger partial charge in [0.05, 0.1) is 6.67 Å². The molecule has 0 saturated carbocycles. The first kappa shape index (κ1) is 12.3. The molecule has 0 spiro atoms. The molecule has 1 aromatic heterocycles. The Morgan fingerprint density at radius 2 is 2.23 bits per heavy atom. The topological polar surface area (TPSA) is 38.9 Å². The number of hydrogen-bond donors (Lipinski definition) is 1. The zero-order valence-electron chi connectivity index (χ0n) is 6.91. The van der Waals surface area contributed by atoms with E-state index in [1.807, 2.05) is 0 Å². The van der Waals surface area contributed by atoms with E-state index >= 15 is 0 Å². The van der Waals surface area contributed by atoms with Gasteiger partial charge in [-0.1, -0.05) is 6.07 Å². The molecule has 13 heavy (non-hydrogen) atoms. The number of pyridine rings is 1. The summed E-state index contributed by atoms with van der Waals surface area (Å²) in [4.78, 5) is 3.41. The molecular weight excluding hydrogens is 198 g/mol. The average Bonchev–Trinajstić information content (AvgIpc) is 2.05. The third-order valence-electron chi connectivity index (χ3n) is 1.61. The number of aromatic nitrogens is 1. The lowest BCUT2D eigenvalue weighted by Gasteiger charge is -2.08. The van der Waals surface area contributed by atoms with E-state index in [0.717, 1.165) is 0 Å². The van der Waals surface area contributed by atoms with E-state index in [1.54, 1.807) is 6.07 Å². The predicted octanol–water partition coefficient (Wildman–Crippen LogP) is 2.00. The van der Waals surface area contributed by atoms with Crippen LogP contribution in [-0.2, 0) is 0 Å². The quantitative estimate of drug-likeness (QED) is 0.772. The zero-order valence-corrected chi connectivity index (χ0v) is 7.73. The Bertz CT molecular complexity index is 258. The number of alkyl halides is 1. The van der Waals surface area contributed by atoms with Crippen LogP contribution >= 0.6 is 12.4 Å². The summed E-state index contributed by atoms with van der Waals surface area (Å²) in [7, 11) is 0. The van der Waals surface area contributed by atoms with Gasteiger partial charge >= 0.3 is 0 Å². The van der Waals surface area contributed by atoms with Gasteiger partial charge in [0.15, 0.2) is 0 Å². The smallest absolute Gasteiger partial charge is 0.217 e. The Morgan fingerprint density at radius 1 is 1.54 bits per heavy atom. The number of halogens is 3. The van der Waals surface area contributed by atoms with E-state index in [2.05, 4.69) is 4.98 Å². The van der Waals surface area contributed by atoms with Crippen LogP contribution in [0.4, 0.5) is 8.78 Å². The molecule has 0 unspecified atom stereocenters. The van der Waals surface area contributed by atoms with Crippen molar-refractivity contribution in [3.63, 3.8) is 0 Å². The standard InChI is InChI=1S/C8H10F2N2.ClH/c9-4-3-7(11)6-2-1-5-12-8(6)10;/h1-2,5,7H,3-4,11H2;1H/t7-;/m1./s1. The molecule has 0 aliphatic rings. The summed E-state index contributed by atoms with van der Waals surface area (Å²) in [5, 5.41) is 0. The first-order valence-corrected chi connectivity index (χ1v) is 3.67. The van der Waals surface area contributed by atoms with Crippen LogP contribution in [0.1, 0.15) is 18.0 Å². The summed E-state index contributed by atoms with van der Waals surface area (Å²) in [6, 6.07) is 2.50. The Kier molecular flexibility index (Phi) is 5.50. The largest absolute Gasteiger partial charge is 0.324 e. The lowest BCUT2D eigenvalue weighted by Crippen LogP contribution is -2.13. The van der Waals surface area contributed by atoms with Crippen molar-refractivity contribution in [2.75, 3.05) is 6.67 Å². The molecule has 2 nitrogen and oxygen atoms in total. The lowest BCUT2D eigenvalue weighted by molar-refractivity contribution is 0.432. The monoisotopic (exact) mass is 208 g/mol. The maximum atomic E-state index is 12.8. The molecule has 5 heteroatoms. The molecule has 2 N–H and O–H groups in total. The minimum Gasteiger partial charge on any atom is -0.324 e. The first-order chi connectivity index (χ1) is 5.75. The number of rotatable bonds is 3. The molecule has 1 rings (SSSR count). The second-order valence-electron chi connectivity index (χ2n) is 2.47. The highest BCUT2D eigenvalue weighted by Crippen LogP contribution is 2.15. The molecule has 74 valence electrons. The summed E-state index contributed by atoms with van der Waals surface area (Å²) >= 11 is 0. The third-order valence-corrected chi connectivity index (χ3v) is 1.61. The normalized spacial score (nSPS) is 11.9. The van der Waals surface area contributed by atoms with Crippen LogP contribution in [-0.4, -0.2) is 11.7 Å². The van der Waals surface area contributed by atoms with Crippen molar-refractivity contribution in [2.45, 2.75) is 12.5 Å². The molecule has 1 heterocycles. The van der Waals surface area contributed by atoms with Crippen LogP contribution in [0.25, 0.3) is 0 Å². The maximum Gasteiger partial charge on any atom is 0.217 e. The van der Waals surface area contributed by atoms with Gasteiger partial charge in [0, 0.05) is 17.8 Å². The van der Waals surface area contributed by atoms with Gasteiger partial charge in [-0.25, -0.2) is 4.98 Å². The van der Waals surface area contributed by atoms with E-state index in [9.17, 15) is 8.78 Å². The van der Waals surface area contributed by atoms with Crippen LogP contribution in [0.5, 0.6) is 0 Å². The highest BCUT2D eigenvalue weighted by Gasteiger charge is 2.10. The van der Waals surface area contributed by atoms with Gasteiger partial charge < -0.3 is 5.73 Å². The summed E-state index contributed by atoms with van der Waals surface area (Å²) < 4.78 is 24.7. The first-order valence-electron chi connectivity index (χ1n) is 3.67. The molecule has 1 aromatic rings. The summed E-state index contributed by atoms with van der Waals surface area (Å²) in [5.74, 6) is -0.613. The average molecular weight is 209 g/mol. The van der Waals surface area contributed by atoms with Crippen molar-refractivity contribution in [3.8, 4) is 0 Å². The summed E-state index contributed by atoms with van der Waals surface area (Å²) in [6.45, 7) is -0.546. The van der Waals surface area contributed by atoms with E-state index in [-0.39, 0.29) is 24.4 Å².